The summed E-state index contributed by atoms with van der Waals surface area (Å²) in [7, 11) is 3.90. The number of hydrogen-bond acceptors (Lipinski definition) is 4. The van der Waals surface area contributed by atoms with E-state index in [1.54, 1.807) is 42.2 Å². The molecule has 2 aromatic carbocycles. The Labute approximate surface area is 174 Å². The second-order valence-electron chi connectivity index (χ2n) is 6.82. The molecular formula is C20H21Cl2N3O3. The third kappa shape index (κ3) is 4.41. The Bertz CT molecular complexity index is 918. The maximum atomic E-state index is 12.6. The monoisotopic (exact) mass is 421 g/mol. The Kier molecular flexibility index (Phi) is 6.13. The predicted octanol–water partition coefficient (Wildman–Crippen LogP) is 3.92. The molecule has 1 N–H and O–H groups in total. The highest BCUT2D eigenvalue weighted by atomic mass is 35.5. The number of likely N-dealkylation sites (N-methyl/N-ethyl adjacent to an activating group) is 1. The van der Waals surface area contributed by atoms with Crippen molar-refractivity contribution in [2.24, 2.45) is 0 Å². The van der Waals surface area contributed by atoms with E-state index in [1.165, 1.54) is 6.07 Å². The number of benzene rings is 2. The number of anilines is 2. The number of nitrogens with zero attached hydrogens (tertiary/aromatic N) is 2. The molecule has 0 bridgehead atoms. The zero-order valence-electron chi connectivity index (χ0n) is 15.8. The summed E-state index contributed by atoms with van der Waals surface area (Å²) in [6.07, 6.45) is -0.550. The highest BCUT2D eigenvalue weighted by Crippen LogP contribution is 2.36. The molecule has 0 saturated heterocycles. The fraction of sp³-hybridized carbons (Fsp3) is 0.300. The zero-order valence-corrected chi connectivity index (χ0v) is 17.3. The van der Waals surface area contributed by atoms with Gasteiger partial charge in [-0.1, -0.05) is 23.2 Å². The average molecular weight is 422 g/mol. The van der Waals surface area contributed by atoms with Crippen molar-refractivity contribution in [3.63, 3.8) is 0 Å². The summed E-state index contributed by atoms with van der Waals surface area (Å²) >= 11 is 11.9. The van der Waals surface area contributed by atoms with Gasteiger partial charge in [-0.2, -0.15) is 0 Å². The molecule has 8 heteroatoms. The molecule has 0 spiro atoms. The Morgan fingerprint density at radius 1 is 1.18 bits per heavy atom. The van der Waals surface area contributed by atoms with Gasteiger partial charge in [-0.3, -0.25) is 9.59 Å². The van der Waals surface area contributed by atoms with Gasteiger partial charge < -0.3 is 19.9 Å². The first-order chi connectivity index (χ1) is 13.3. The summed E-state index contributed by atoms with van der Waals surface area (Å²) in [5.41, 5.74) is 1.57. The van der Waals surface area contributed by atoms with Crippen molar-refractivity contribution in [1.29, 1.82) is 0 Å². The second-order valence-corrected chi connectivity index (χ2v) is 7.63. The number of rotatable bonds is 5. The molecule has 3 rings (SSSR count). The van der Waals surface area contributed by atoms with Gasteiger partial charge in [0.15, 0.2) is 6.10 Å². The SMILES string of the molecule is CC1Oc2ccc(NC(=O)c3ccc(Cl)c(Cl)c3)cc2N(CCN(C)C)C1=O. The molecule has 6 nitrogen and oxygen atoms in total. The normalized spacial score (nSPS) is 16.0. The van der Waals surface area contributed by atoms with Crippen molar-refractivity contribution < 1.29 is 14.3 Å². The van der Waals surface area contributed by atoms with Crippen molar-refractivity contribution >= 4 is 46.4 Å². The van der Waals surface area contributed by atoms with E-state index >= 15 is 0 Å². The lowest BCUT2D eigenvalue weighted by molar-refractivity contribution is -0.125. The largest absolute Gasteiger partial charge is 0.479 e. The lowest BCUT2D eigenvalue weighted by atomic mass is 10.1. The van der Waals surface area contributed by atoms with Crippen LogP contribution in [0.3, 0.4) is 0 Å². The van der Waals surface area contributed by atoms with Gasteiger partial charge in [0, 0.05) is 24.3 Å². The average Bonchev–Trinajstić information content (AvgIpc) is 2.64. The molecule has 148 valence electrons. The van der Waals surface area contributed by atoms with Crippen molar-refractivity contribution in [2.75, 3.05) is 37.4 Å². The highest BCUT2D eigenvalue weighted by molar-refractivity contribution is 6.42. The quantitative estimate of drug-likeness (QED) is 0.794. The summed E-state index contributed by atoms with van der Waals surface area (Å²) < 4.78 is 5.70. The molecule has 1 aliphatic rings. The number of nitrogens with one attached hydrogen (secondary N) is 1. The van der Waals surface area contributed by atoms with Crippen LogP contribution in [0.1, 0.15) is 17.3 Å². The molecule has 0 fully saturated rings. The van der Waals surface area contributed by atoms with E-state index in [0.29, 0.717) is 45.8 Å². The van der Waals surface area contributed by atoms with E-state index in [0.717, 1.165) is 0 Å². The van der Waals surface area contributed by atoms with E-state index in [1.807, 2.05) is 19.0 Å². The summed E-state index contributed by atoms with van der Waals surface area (Å²) in [5, 5.41) is 3.51. The van der Waals surface area contributed by atoms with Crippen LogP contribution >= 0.6 is 23.2 Å². The lowest BCUT2D eigenvalue weighted by Gasteiger charge is -2.34. The first-order valence-electron chi connectivity index (χ1n) is 8.79. The molecule has 2 amide bonds. The van der Waals surface area contributed by atoms with Gasteiger partial charge in [-0.15, -0.1) is 0 Å². The minimum Gasteiger partial charge on any atom is -0.479 e. The summed E-state index contributed by atoms with van der Waals surface area (Å²) in [6.45, 7) is 2.96. The van der Waals surface area contributed by atoms with E-state index in [9.17, 15) is 9.59 Å². The van der Waals surface area contributed by atoms with E-state index < -0.39 is 6.10 Å². The smallest absolute Gasteiger partial charge is 0.267 e. The second kappa shape index (κ2) is 8.39. The zero-order chi connectivity index (χ0) is 20.4. The molecule has 1 unspecified atom stereocenters. The molecule has 0 aromatic heterocycles. The predicted molar refractivity (Wildman–Crippen MR) is 112 cm³/mol. The number of hydrogen-bond donors (Lipinski definition) is 1. The topological polar surface area (TPSA) is 61.9 Å². The molecule has 0 radical (unpaired) electrons. The van der Waals surface area contributed by atoms with Gasteiger partial charge in [0.25, 0.3) is 11.8 Å². The van der Waals surface area contributed by atoms with Gasteiger partial charge in [-0.25, -0.2) is 0 Å². The number of ether oxygens (including phenoxy) is 1. The van der Waals surface area contributed by atoms with Crippen LogP contribution in [-0.4, -0.2) is 50.0 Å². The van der Waals surface area contributed by atoms with Crippen LogP contribution in [0, 0.1) is 0 Å². The van der Waals surface area contributed by atoms with Crippen molar-refractivity contribution in [3.8, 4) is 5.75 Å². The van der Waals surface area contributed by atoms with Crippen molar-refractivity contribution in [2.45, 2.75) is 13.0 Å². The fourth-order valence-electron chi connectivity index (χ4n) is 2.86. The molecule has 1 aliphatic heterocycles. The Morgan fingerprint density at radius 2 is 1.93 bits per heavy atom. The number of amides is 2. The third-order valence-corrected chi connectivity index (χ3v) is 5.12. The fourth-order valence-corrected chi connectivity index (χ4v) is 3.15. The maximum absolute atomic E-state index is 12.6. The maximum Gasteiger partial charge on any atom is 0.267 e. The highest BCUT2D eigenvalue weighted by Gasteiger charge is 2.31. The van der Waals surface area contributed by atoms with Crippen LogP contribution in [0.15, 0.2) is 36.4 Å². The van der Waals surface area contributed by atoms with Crippen molar-refractivity contribution in [3.05, 3.63) is 52.0 Å². The minimum absolute atomic E-state index is 0.109. The van der Waals surface area contributed by atoms with Gasteiger partial charge in [0.2, 0.25) is 0 Å². The van der Waals surface area contributed by atoms with E-state index in [4.69, 9.17) is 27.9 Å². The van der Waals surface area contributed by atoms with Crippen LogP contribution < -0.4 is 15.0 Å². The number of halogens is 2. The van der Waals surface area contributed by atoms with Crippen LogP contribution in [0.25, 0.3) is 0 Å². The van der Waals surface area contributed by atoms with E-state index in [-0.39, 0.29) is 11.8 Å². The van der Waals surface area contributed by atoms with Crippen LogP contribution in [0.5, 0.6) is 5.75 Å². The van der Waals surface area contributed by atoms with Gasteiger partial charge in [0.1, 0.15) is 5.75 Å². The molecular weight excluding hydrogens is 401 g/mol. The standard InChI is InChI=1S/C20H21Cl2N3O3/c1-12-20(27)25(9-8-24(2)3)17-11-14(5-7-18(17)28-12)23-19(26)13-4-6-15(21)16(22)10-13/h4-7,10-12H,8-9H2,1-3H3,(H,23,26). The Hall–Kier alpha value is -2.28. The molecule has 1 atom stereocenters. The lowest BCUT2D eigenvalue weighted by Crippen LogP contribution is -2.46. The third-order valence-electron chi connectivity index (χ3n) is 4.38. The first kappa shape index (κ1) is 20.5. The molecule has 0 aliphatic carbocycles. The molecule has 28 heavy (non-hydrogen) atoms. The summed E-state index contributed by atoms with van der Waals surface area (Å²) in [6, 6.07) is 9.91. The van der Waals surface area contributed by atoms with E-state index in [2.05, 4.69) is 5.32 Å². The summed E-state index contributed by atoms with van der Waals surface area (Å²) in [4.78, 5) is 28.8. The molecule has 0 saturated carbocycles. The molecule has 1 heterocycles. The number of fused-ring (bicyclic) bond motifs is 1. The van der Waals surface area contributed by atoms with Crippen LogP contribution in [0.4, 0.5) is 11.4 Å². The Morgan fingerprint density at radius 3 is 2.61 bits per heavy atom. The number of carbonyl (C=O) groups is 2. The van der Waals surface area contributed by atoms with Crippen molar-refractivity contribution in [1.82, 2.24) is 4.90 Å². The van der Waals surface area contributed by atoms with Gasteiger partial charge in [-0.05, 0) is 57.4 Å². The Balaban J connectivity index is 1.85. The minimum atomic E-state index is -0.550. The van der Waals surface area contributed by atoms with Crippen LogP contribution in [0.2, 0.25) is 10.0 Å². The van der Waals surface area contributed by atoms with Gasteiger partial charge >= 0.3 is 0 Å². The van der Waals surface area contributed by atoms with Crippen LogP contribution in [-0.2, 0) is 4.79 Å². The first-order valence-corrected chi connectivity index (χ1v) is 9.55. The van der Waals surface area contributed by atoms with Gasteiger partial charge in [0.05, 0.1) is 15.7 Å². The molecule has 2 aromatic rings. The summed E-state index contributed by atoms with van der Waals surface area (Å²) in [5.74, 6) is 0.176. The number of carbonyl (C=O) groups excluding carboxylic acids is 2.